The number of aryl methyl sites for hydroxylation is 2. The lowest BCUT2D eigenvalue weighted by atomic mass is 9.84. The van der Waals surface area contributed by atoms with E-state index in [4.69, 9.17) is 5.73 Å². The van der Waals surface area contributed by atoms with Crippen LogP contribution in [0.25, 0.3) is 0 Å². The highest BCUT2D eigenvalue weighted by atomic mass is 32.2. The van der Waals surface area contributed by atoms with Crippen molar-refractivity contribution in [2.45, 2.75) is 62.6 Å². The lowest BCUT2D eigenvalue weighted by Crippen LogP contribution is -2.45. The second-order valence-electron chi connectivity index (χ2n) is 6.08. The second kappa shape index (κ2) is 5.86. The van der Waals surface area contributed by atoms with Gasteiger partial charge in [0.05, 0.1) is 10.1 Å². The van der Waals surface area contributed by atoms with Crippen LogP contribution in [-0.2, 0) is 9.84 Å². The van der Waals surface area contributed by atoms with Crippen molar-refractivity contribution in [3.05, 3.63) is 29.3 Å². The molecule has 2 N–H and O–H groups in total. The molecule has 0 aliphatic heterocycles. The van der Waals surface area contributed by atoms with Gasteiger partial charge in [-0.05, 0) is 62.3 Å². The number of rotatable bonds is 3. The average molecular weight is 295 g/mol. The summed E-state index contributed by atoms with van der Waals surface area (Å²) in [6, 6.07) is 5.16. The summed E-state index contributed by atoms with van der Waals surface area (Å²) in [5, 5.41) is -0.427. The Balaban J connectivity index is 2.35. The van der Waals surface area contributed by atoms with Gasteiger partial charge in [0, 0.05) is 6.04 Å². The average Bonchev–Trinajstić information content (AvgIpc) is 2.42. The standard InChI is InChI=1S/C16H25NO2S/c1-4-13-6-8-15(17)16(10-13)20(18,19)14-7-5-11(2)12(3)9-14/h5,7,9,13,15-16H,4,6,8,10,17H2,1-3H3. The van der Waals surface area contributed by atoms with E-state index in [1.807, 2.05) is 19.9 Å². The highest BCUT2D eigenvalue weighted by Crippen LogP contribution is 2.33. The summed E-state index contributed by atoms with van der Waals surface area (Å²) >= 11 is 0. The SMILES string of the molecule is CCC1CCC(N)C(S(=O)(=O)c2ccc(C)c(C)c2)C1. The van der Waals surface area contributed by atoms with Crippen LogP contribution in [0.1, 0.15) is 43.7 Å². The predicted octanol–water partition coefficient (Wildman–Crippen LogP) is 2.98. The van der Waals surface area contributed by atoms with Crippen molar-refractivity contribution in [1.29, 1.82) is 0 Å². The summed E-state index contributed by atoms with van der Waals surface area (Å²) in [4.78, 5) is 0.429. The Morgan fingerprint density at radius 1 is 1.20 bits per heavy atom. The smallest absolute Gasteiger partial charge is 0.182 e. The van der Waals surface area contributed by atoms with Gasteiger partial charge in [-0.15, -0.1) is 0 Å². The first kappa shape index (κ1) is 15.5. The van der Waals surface area contributed by atoms with E-state index in [1.165, 1.54) is 0 Å². The van der Waals surface area contributed by atoms with E-state index < -0.39 is 15.1 Å². The first-order chi connectivity index (χ1) is 9.36. The summed E-state index contributed by atoms with van der Waals surface area (Å²) in [7, 11) is -3.32. The largest absolute Gasteiger partial charge is 0.327 e. The minimum Gasteiger partial charge on any atom is -0.327 e. The van der Waals surface area contributed by atoms with Crippen LogP contribution in [-0.4, -0.2) is 19.7 Å². The Morgan fingerprint density at radius 3 is 2.50 bits per heavy atom. The van der Waals surface area contributed by atoms with Crippen LogP contribution in [0.2, 0.25) is 0 Å². The molecule has 0 spiro atoms. The van der Waals surface area contributed by atoms with Crippen molar-refractivity contribution in [3.63, 3.8) is 0 Å². The van der Waals surface area contributed by atoms with Crippen LogP contribution in [0.5, 0.6) is 0 Å². The van der Waals surface area contributed by atoms with Gasteiger partial charge >= 0.3 is 0 Å². The molecule has 1 saturated carbocycles. The van der Waals surface area contributed by atoms with E-state index in [-0.39, 0.29) is 6.04 Å². The van der Waals surface area contributed by atoms with Crippen molar-refractivity contribution < 1.29 is 8.42 Å². The zero-order chi connectivity index (χ0) is 14.9. The molecule has 3 atom stereocenters. The Kier molecular flexibility index (Phi) is 4.55. The molecule has 1 aliphatic rings. The third-order valence-corrected chi connectivity index (χ3v) is 6.98. The lowest BCUT2D eigenvalue weighted by Gasteiger charge is -2.33. The summed E-state index contributed by atoms with van der Waals surface area (Å²) < 4.78 is 25.7. The van der Waals surface area contributed by atoms with E-state index >= 15 is 0 Å². The third-order valence-electron chi connectivity index (χ3n) is 4.73. The first-order valence-corrected chi connectivity index (χ1v) is 8.97. The molecule has 4 heteroatoms. The molecule has 1 fully saturated rings. The highest BCUT2D eigenvalue weighted by Gasteiger charge is 2.37. The molecule has 0 bridgehead atoms. The Hall–Kier alpha value is -0.870. The molecule has 1 aromatic rings. The number of hydrogen-bond acceptors (Lipinski definition) is 3. The molecule has 0 aromatic heterocycles. The zero-order valence-electron chi connectivity index (χ0n) is 12.6. The predicted molar refractivity (Wildman–Crippen MR) is 82.5 cm³/mol. The third kappa shape index (κ3) is 2.91. The normalized spacial score (nSPS) is 27.5. The Morgan fingerprint density at radius 2 is 1.90 bits per heavy atom. The number of sulfone groups is 1. The molecule has 20 heavy (non-hydrogen) atoms. The Bertz CT molecular complexity index is 580. The fraction of sp³-hybridized carbons (Fsp3) is 0.625. The van der Waals surface area contributed by atoms with Crippen LogP contribution < -0.4 is 5.73 Å². The maximum Gasteiger partial charge on any atom is 0.182 e. The van der Waals surface area contributed by atoms with Crippen LogP contribution in [0.3, 0.4) is 0 Å². The van der Waals surface area contributed by atoms with E-state index in [0.717, 1.165) is 30.4 Å². The van der Waals surface area contributed by atoms with Gasteiger partial charge in [-0.25, -0.2) is 8.42 Å². The molecular weight excluding hydrogens is 270 g/mol. The summed E-state index contributed by atoms with van der Waals surface area (Å²) in [5.41, 5.74) is 8.24. The van der Waals surface area contributed by atoms with Gasteiger partial charge < -0.3 is 5.73 Å². The van der Waals surface area contributed by atoms with Gasteiger partial charge in [0.25, 0.3) is 0 Å². The van der Waals surface area contributed by atoms with Gasteiger partial charge in [0.2, 0.25) is 0 Å². The van der Waals surface area contributed by atoms with Crippen molar-refractivity contribution in [3.8, 4) is 0 Å². The lowest BCUT2D eigenvalue weighted by molar-refractivity contribution is 0.319. The van der Waals surface area contributed by atoms with E-state index in [2.05, 4.69) is 6.92 Å². The van der Waals surface area contributed by atoms with Crippen LogP contribution in [0, 0.1) is 19.8 Å². The van der Waals surface area contributed by atoms with Crippen LogP contribution >= 0.6 is 0 Å². The van der Waals surface area contributed by atoms with Crippen LogP contribution in [0.4, 0.5) is 0 Å². The van der Waals surface area contributed by atoms with Gasteiger partial charge in [-0.2, -0.15) is 0 Å². The van der Waals surface area contributed by atoms with Gasteiger partial charge in [0.15, 0.2) is 9.84 Å². The van der Waals surface area contributed by atoms with Gasteiger partial charge in [-0.3, -0.25) is 0 Å². The topological polar surface area (TPSA) is 60.2 Å². The molecule has 112 valence electrons. The second-order valence-corrected chi connectivity index (χ2v) is 8.25. The van der Waals surface area contributed by atoms with Crippen molar-refractivity contribution in [2.75, 3.05) is 0 Å². The number of benzene rings is 1. The summed E-state index contributed by atoms with van der Waals surface area (Å²) in [6.45, 7) is 6.07. The quantitative estimate of drug-likeness (QED) is 0.932. The number of hydrogen-bond donors (Lipinski definition) is 1. The maximum atomic E-state index is 12.8. The van der Waals surface area contributed by atoms with E-state index in [9.17, 15) is 8.42 Å². The van der Waals surface area contributed by atoms with Crippen molar-refractivity contribution in [2.24, 2.45) is 11.7 Å². The van der Waals surface area contributed by atoms with Gasteiger partial charge in [-0.1, -0.05) is 19.4 Å². The molecule has 1 aliphatic carbocycles. The molecule has 0 radical (unpaired) electrons. The molecule has 1 aromatic carbocycles. The Labute approximate surface area is 122 Å². The van der Waals surface area contributed by atoms with Gasteiger partial charge in [0.1, 0.15) is 0 Å². The molecule has 0 heterocycles. The van der Waals surface area contributed by atoms with Crippen LogP contribution in [0.15, 0.2) is 23.1 Å². The fourth-order valence-electron chi connectivity index (χ4n) is 3.03. The maximum absolute atomic E-state index is 12.8. The molecule has 0 amide bonds. The molecule has 0 saturated heterocycles. The zero-order valence-corrected chi connectivity index (χ0v) is 13.4. The highest BCUT2D eigenvalue weighted by molar-refractivity contribution is 7.92. The first-order valence-electron chi connectivity index (χ1n) is 7.43. The van der Waals surface area contributed by atoms with E-state index in [1.54, 1.807) is 12.1 Å². The minimum atomic E-state index is -3.32. The summed E-state index contributed by atoms with van der Waals surface area (Å²) in [6.07, 6.45) is 3.60. The molecule has 2 rings (SSSR count). The van der Waals surface area contributed by atoms with Crippen molar-refractivity contribution in [1.82, 2.24) is 0 Å². The number of nitrogens with two attached hydrogens (primary N) is 1. The van der Waals surface area contributed by atoms with E-state index in [0.29, 0.717) is 17.2 Å². The fourth-order valence-corrected chi connectivity index (χ4v) is 5.10. The minimum absolute atomic E-state index is 0.232. The molecule has 3 nitrogen and oxygen atoms in total. The summed E-state index contributed by atoms with van der Waals surface area (Å²) in [5.74, 6) is 0.487. The molecular formula is C16H25NO2S. The monoisotopic (exact) mass is 295 g/mol. The van der Waals surface area contributed by atoms with Crippen molar-refractivity contribution >= 4 is 9.84 Å². The molecule has 3 unspecified atom stereocenters.